The third-order valence-electron chi connectivity index (χ3n) is 4.08. The predicted octanol–water partition coefficient (Wildman–Crippen LogP) is 2.77. The monoisotopic (exact) mass is 196 g/mol. The molecule has 0 N–H and O–H groups in total. The van der Waals surface area contributed by atoms with Gasteiger partial charge < -0.3 is 4.74 Å². The summed E-state index contributed by atoms with van der Waals surface area (Å²) >= 11 is 0. The zero-order valence-corrected chi connectivity index (χ0v) is 9.00. The summed E-state index contributed by atoms with van der Waals surface area (Å²) in [7, 11) is 1.52. The van der Waals surface area contributed by atoms with Gasteiger partial charge in [0.25, 0.3) is 0 Å². The van der Waals surface area contributed by atoms with Crippen LogP contribution in [0.2, 0.25) is 0 Å². The summed E-state index contributed by atoms with van der Waals surface area (Å²) in [6.07, 6.45) is 8.92. The Labute approximate surface area is 86.0 Å². The lowest BCUT2D eigenvalue weighted by atomic mass is 9.65. The maximum Gasteiger partial charge on any atom is 0.308 e. The Morgan fingerprint density at radius 1 is 1.07 bits per heavy atom. The molecule has 0 aromatic carbocycles. The molecule has 0 aromatic heterocycles. The SMILES string of the molecule is COC(=O)[C@H]1CCC[C@H]2CCCC[C@@H]21. The molecule has 0 aliphatic heterocycles. The lowest BCUT2D eigenvalue weighted by molar-refractivity contribution is -0.150. The fourth-order valence-corrected chi connectivity index (χ4v) is 3.38. The summed E-state index contributed by atoms with van der Waals surface area (Å²) in [6.45, 7) is 0. The molecule has 2 saturated carbocycles. The van der Waals surface area contributed by atoms with E-state index in [2.05, 4.69) is 0 Å². The first-order valence-corrected chi connectivity index (χ1v) is 5.90. The molecule has 2 nitrogen and oxygen atoms in total. The van der Waals surface area contributed by atoms with Gasteiger partial charge in [0.1, 0.15) is 0 Å². The molecule has 0 saturated heterocycles. The minimum absolute atomic E-state index is 0.0431. The molecule has 0 bridgehead atoms. The molecule has 2 aliphatic rings. The zero-order chi connectivity index (χ0) is 9.97. The predicted molar refractivity (Wildman–Crippen MR) is 54.8 cm³/mol. The molecule has 2 heteroatoms. The number of methoxy groups -OCH3 is 1. The number of hydrogen-bond acceptors (Lipinski definition) is 2. The summed E-state index contributed by atoms with van der Waals surface area (Å²) < 4.78 is 4.90. The van der Waals surface area contributed by atoms with Crippen molar-refractivity contribution in [3.05, 3.63) is 0 Å². The first-order valence-electron chi connectivity index (χ1n) is 5.90. The second-order valence-corrected chi connectivity index (χ2v) is 4.77. The van der Waals surface area contributed by atoms with Crippen molar-refractivity contribution in [3.63, 3.8) is 0 Å². The quantitative estimate of drug-likeness (QED) is 0.603. The average Bonchev–Trinajstić information content (AvgIpc) is 2.27. The molecular formula is C12H20O2. The van der Waals surface area contributed by atoms with E-state index in [0.717, 1.165) is 12.3 Å². The van der Waals surface area contributed by atoms with E-state index >= 15 is 0 Å². The van der Waals surface area contributed by atoms with E-state index in [1.165, 1.54) is 45.6 Å². The van der Waals surface area contributed by atoms with Crippen LogP contribution in [0.25, 0.3) is 0 Å². The van der Waals surface area contributed by atoms with Crippen molar-refractivity contribution in [3.8, 4) is 0 Å². The van der Waals surface area contributed by atoms with E-state index in [1.807, 2.05) is 0 Å². The van der Waals surface area contributed by atoms with Crippen LogP contribution < -0.4 is 0 Å². The molecule has 0 amide bonds. The van der Waals surface area contributed by atoms with E-state index < -0.39 is 0 Å². The molecule has 0 spiro atoms. The number of esters is 1. The molecule has 3 atom stereocenters. The number of fused-ring (bicyclic) bond motifs is 1. The van der Waals surface area contributed by atoms with Gasteiger partial charge in [-0.2, -0.15) is 0 Å². The Morgan fingerprint density at radius 3 is 2.57 bits per heavy atom. The number of carbonyl (C=O) groups is 1. The van der Waals surface area contributed by atoms with Gasteiger partial charge in [-0.25, -0.2) is 0 Å². The van der Waals surface area contributed by atoms with Crippen molar-refractivity contribution >= 4 is 5.97 Å². The van der Waals surface area contributed by atoms with E-state index in [-0.39, 0.29) is 11.9 Å². The summed E-state index contributed by atoms with van der Waals surface area (Å²) in [4.78, 5) is 11.6. The second kappa shape index (κ2) is 4.33. The van der Waals surface area contributed by atoms with Gasteiger partial charge in [0.2, 0.25) is 0 Å². The minimum atomic E-state index is 0.0431. The Balaban J connectivity index is 2.04. The Bertz CT molecular complexity index is 210. The normalized spacial score (nSPS) is 37.4. The van der Waals surface area contributed by atoms with Gasteiger partial charge in [0.05, 0.1) is 13.0 Å². The van der Waals surface area contributed by atoms with Crippen molar-refractivity contribution in [2.75, 3.05) is 7.11 Å². The fourth-order valence-electron chi connectivity index (χ4n) is 3.38. The van der Waals surface area contributed by atoms with Crippen molar-refractivity contribution in [2.24, 2.45) is 17.8 Å². The Morgan fingerprint density at radius 2 is 1.79 bits per heavy atom. The van der Waals surface area contributed by atoms with Crippen LogP contribution in [0.1, 0.15) is 44.9 Å². The van der Waals surface area contributed by atoms with Gasteiger partial charge in [0.15, 0.2) is 0 Å². The number of carbonyl (C=O) groups excluding carboxylic acids is 1. The summed E-state index contributed by atoms with van der Waals surface area (Å²) in [6, 6.07) is 0. The van der Waals surface area contributed by atoms with E-state index in [1.54, 1.807) is 0 Å². The van der Waals surface area contributed by atoms with Crippen molar-refractivity contribution in [1.82, 2.24) is 0 Å². The number of rotatable bonds is 1. The second-order valence-electron chi connectivity index (χ2n) is 4.77. The highest BCUT2D eigenvalue weighted by Crippen LogP contribution is 2.44. The van der Waals surface area contributed by atoms with Gasteiger partial charge >= 0.3 is 5.97 Å². The van der Waals surface area contributed by atoms with E-state index in [9.17, 15) is 4.79 Å². The molecule has 2 fully saturated rings. The van der Waals surface area contributed by atoms with Crippen molar-refractivity contribution in [2.45, 2.75) is 44.9 Å². The van der Waals surface area contributed by atoms with E-state index in [4.69, 9.17) is 4.74 Å². The van der Waals surface area contributed by atoms with Crippen LogP contribution in [0.3, 0.4) is 0 Å². The average molecular weight is 196 g/mol. The van der Waals surface area contributed by atoms with E-state index in [0.29, 0.717) is 5.92 Å². The maximum atomic E-state index is 11.6. The van der Waals surface area contributed by atoms with Gasteiger partial charge in [-0.05, 0) is 24.7 Å². The number of ether oxygens (including phenoxy) is 1. The van der Waals surface area contributed by atoms with Gasteiger partial charge in [-0.15, -0.1) is 0 Å². The maximum absolute atomic E-state index is 11.6. The van der Waals surface area contributed by atoms with Crippen LogP contribution in [-0.2, 0) is 9.53 Å². The molecule has 0 heterocycles. The molecule has 80 valence electrons. The zero-order valence-electron chi connectivity index (χ0n) is 9.00. The van der Waals surface area contributed by atoms with Gasteiger partial charge in [-0.3, -0.25) is 4.79 Å². The third-order valence-corrected chi connectivity index (χ3v) is 4.08. The van der Waals surface area contributed by atoms with Crippen LogP contribution in [0, 0.1) is 17.8 Å². The smallest absolute Gasteiger partial charge is 0.308 e. The Kier molecular flexibility index (Phi) is 3.09. The summed E-state index contributed by atoms with van der Waals surface area (Å²) in [5, 5.41) is 0. The van der Waals surface area contributed by atoms with Gasteiger partial charge in [0, 0.05) is 0 Å². The summed E-state index contributed by atoms with van der Waals surface area (Å²) in [5.41, 5.74) is 0. The standard InChI is InChI=1S/C12H20O2/c1-14-12(13)11-8-4-6-9-5-2-3-7-10(9)11/h9-11H,2-8H2,1H3/t9-,10+,11+/m1/s1. The van der Waals surface area contributed by atoms with Gasteiger partial charge in [-0.1, -0.05) is 32.1 Å². The first kappa shape index (κ1) is 10.0. The fraction of sp³-hybridized carbons (Fsp3) is 0.917. The first-order chi connectivity index (χ1) is 6.83. The molecular weight excluding hydrogens is 176 g/mol. The van der Waals surface area contributed by atoms with Crippen LogP contribution in [-0.4, -0.2) is 13.1 Å². The topological polar surface area (TPSA) is 26.3 Å². The third kappa shape index (κ3) is 1.79. The highest BCUT2D eigenvalue weighted by Gasteiger charge is 2.38. The summed E-state index contributed by atoms with van der Waals surface area (Å²) in [5.74, 6) is 1.73. The molecule has 2 aliphatic carbocycles. The lowest BCUT2D eigenvalue weighted by Crippen LogP contribution is -2.36. The Hall–Kier alpha value is -0.530. The largest absolute Gasteiger partial charge is 0.469 e. The van der Waals surface area contributed by atoms with Crippen molar-refractivity contribution < 1.29 is 9.53 Å². The molecule has 0 unspecified atom stereocenters. The van der Waals surface area contributed by atoms with Crippen LogP contribution in [0.5, 0.6) is 0 Å². The molecule has 14 heavy (non-hydrogen) atoms. The molecule has 0 radical (unpaired) electrons. The van der Waals surface area contributed by atoms with Crippen LogP contribution >= 0.6 is 0 Å². The number of hydrogen-bond donors (Lipinski definition) is 0. The molecule has 0 aromatic rings. The highest BCUT2D eigenvalue weighted by atomic mass is 16.5. The lowest BCUT2D eigenvalue weighted by Gasteiger charge is -2.39. The van der Waals surface area contributed by atoms with Crippen LogP contribution in [0.15, 0.2) is 0 Å². The highest BCUT2D eigenvalue weighted by molar-refractivity contribution is 5.72. The van der Waals surface area contributed by atoms with Crippen LogP contribution in [0.4, 0.5) is 0 Å². The van der Waals surface area contributed by atoms with Crippen molar-refractivity contribution in [1.29, 1.82) is 0 Å². The molecule has 2 rings (SSSR count). The minimum Gasteiger partial charge on any atom is -0.469 e.